The molecule has 2 rings (SSSR count). The van der Waals surface area contributed by atoms with Crippen LogP contribution in [0.2, 0.25) is 0 Å². The summed E-state index contributed by atoms with van der Waals surface area (Å²) < 4.78 is 0. The van der Waals surface area contributed by atoms with Gasteiger partial charge < -0.3 is 31.5 Å². The largest absolute Gasteiger partial charge is 0.481 e. The van der Waals surface area contributed by atoms with Crippen LogP contribution in [0.25, 0.3) is 0 Å². The van der Waals surface area contributed by atoms with Gasteiger partial charge in [-0.1, -0.05) is 0 Å². The highest BCUT2D eigenvalue weighted by atomic mass is 16.4. The van der Waals surface area contributed by atoms with Gasteiger partial charge in [0.15, 0.2) is 0 Å². The van der Waals surface area contributed by atoms with Crippen LogP contribution in [0.3, 0.4) is 0 Å². The van der Waals surface area contributed by atoms with E-state index in [-0.39, 0.29) is 12.8 Å². The van der Waals surface area contributed by atoms with Crippen LogP contribution < -0.4 is 21.3 Å². The van der Waals surface area contributed by atoms with Crippen LogP contribution in [-0.2, 0) is 9.59 Å². The summed E-state index contributed by atoms with van der Waals surface area (Å²) in [7, 11) is 0. The van der Waals surface area contributed by atoms with Crippen molar-refractivity contribution in [1.82, 2.24) is 21.3 Å². The summed E-state index contributed by atoms with van der Waals surface area (Å²) in [5.74, 6) is -1.74. The minimum absolute atomic E-state index is 0.0628. The zero-order chi connectivity index (χ0) is 16.5. The fourth-order valence-corrected chi connectivity index (χ4v) is 1.76. The molecule has 22 heavy (non-hydrogen) atoms. The van der Waals surface area contributed by atoms with Gasteiger partial charge in [-0.05, 0) is 12.8 Å². The van der Waals surface area contributed by atoms with Gasteiger partial charge in [-0.25, -0.2) is 0 Å². The molecule has 2 aliphatic heterocycles. The number of hydrogen-bond donors (Lipinski definition) is 6. The molecule has 0 aromatic rings. The molecule has 0 aliphatic carbocycles. The zero-order valence-corrected chi connectivity index (χ0v) is 13.2. The summed E-state index contributed by atoms with van der Waals surface area (Å²) in [5.41, 5.74) is 0. The third-order valence-corrected chi connectivity index (χ3v) is 2.95. The molecular weight excluding hydrogens is 288 g/mol. The Hall–Kier alpha value is -1.22. The van der Waals surface area contributed by atoms with Gasteiger partial charge in [-0.3, -0.25) is 9.59 Å². The van der Waals surface area contributed by atoms with E-state index >= 15 is 0 Å². The first-order valence-electron chi connectivity index (χ1n) is 7.89. The van der Waals surface area contributed by atoms with Crippen molar-refractivity contribution >= 4 is 11.9 Å². The van der Waals surface area contributed by atoms with Crippen molar-refractivity contribution in [2.24, 2.45) is 0 Å². The molecule has 0 atom stereocenters. The first-order valence-corrected chi connectivity index (χ1v) is 7.89. The first-order chi connectivity index (χ1) is 10.6. The smallest absolute Gasteiger partial charge is 0.303 e. The topological polar surface area (TPSA) is 123 Å². The summed E-state index contributed by atoms with van der Waals surface area (Å²) >= 11 is 0. The lowest BCUT2D eigenvalue weighted by Gasteiger charge is -2.11. The molecule has 0 radical (unpaired) electrons. The van der Waals surface area contributed by atoms with E-state index in [9.17, 15) is 9.59 Å². The second-order valence-electron chi connectivity index (χ2n) is 4.99. The van der Waals surface area contributed by atoms with Crippen LogP contribution in [0.5, 0.6) is 0 Å². The van der Waals surface area contributed by atoms with Crippen molar-refractivity contribution < 1.29 is 19.8 Å². The standard InChI is InChI=1S/C6H10O4.2C4H10N2/c7-5(8)3-1-2-4-6(9)10;2*1-2-6-4-3-5-1/h1-4H2,(H,7,8)(H,9,10);2*5-6H,1-4H2. The molecule has 0 amide bonds. The molecule has 8 nitrogen and oxygen atoms in total. The Morgan fingerprint density at radius 2 is 0.818 bits per heavy atom. The average Bonchev–Trinajstić information content (AvgIpc) is 2.56. The quantitative estimate of drug-likeness (QED) is 0.360. The maximum Gasteiger partial charge on any atom is 0.303 e. The minimum Gasteiger partial charge on any atom is -0.481 e. The highest BCUT2D eigenvalue weighted by Crippen LogP contribution is 1.98. The fraction of sp³-hybridized carbons (Fsp3) is 0.857. The monoisotopic (exact) mass is 318 g/mol. The maximum absolute atomic E-state index is 9.90. The number of unbranched alkanes of at least 4 members (excludes halogenated alkanes) is 1. The lowest BCUT2D eigenvalue weighted by molar-refractivity contribution is -0.139. The number of carboxylic acid groups (broad SMARTS) is 2. The van der Waals surface area contributed by atoms with E-state index in [2.05, 4.69) is 21.3 Å². The normalized spacial score (nSPS) is 17.3. The van der Waals surface area contributed by atoms with Crippen molar-refractivity contribution in [3.63, 3.8) is 0 Å². The summed E-state index contributed by atoms with van der Waals surface area (Å²) in [6.45, 7) is 9.11. The SMILES string of the molecule is C1CNCCN1.C1CNCCN1.O=C(O)CCCCC(=O)O. The number of aliphatic carboxylic acids is 2. The third-order valence-electron chi connectivity index (χ3n) is 2.95. The molecule has 130 valence electrons. The van der Waals surface area contributed by atoms with Crippen LogP contribution in [0, 0.1) is 0 Å². The number of rotatable bonds is 5. The van der Waals surface area contributed by atoms with Gasteiger partial charge in [0.2, 0.25) is 0 Å². The van der Waals surface area contributed by atoms with Crippen LogP contribution >= 0.6 is 0 Å². The van der Waals surface area contributed by atoms with E-state index in [0.29, 0.717) is 12.8 Å². The molecule has 0 spiro atoms. The van der Waals surface area contributed by atoms with E-state index in [1.54, 1.807) is 0 Å². The minimum atomic E-state index is -0.870. The van der Waals surface area contributed by atoms with Crippen molar-refractivity contribution in [3.05, 3.63) is 0 Å². The number of carbonyl (C=O) groups is 2. The van der Waals surface area contributed by atoms with Crippen molar-refractivity contribution in [1.29, 1.82) is 0 Å². The Kier molecular flexibility index (Phi) is 15.3. The summed E-state index contributed by atoms with van der Waals surface area (Å²) in [6.07, 6.45) is 1.02. The van der Waals surface area contributed by atoms with Gasteiger partial charge in [0.1, 0.15) is 0 Å². The van der Waals surface area contributed by atoms with Gasteiger partial charge >= 0.3 is 11.9 Å². The second kappa shape index (κ2) is 16.2. The Morgan fingerprint density at radius 3 is 0.955 bits per heavy atom. The molecule has 0 aromatic carbocycles. The Bertz CT molecular complexity index is 231. The molecule has 8 heteroatoms. The number of piperazine rings is 2. The van der Waals surface area contributed by atoms with E-state index in [4.69, 9.17) is 10.2 Å². The summed E-state index contributed by atoms with van der Waals surface area (Å²) in [4.78, 5) is 19.8. The van der Waals surface area contributed by atoms with Crippen LogP contribution in [0.4, 0.5) is 0 Å². The van der Waals surface area contributed by atoms with Gasteiger partial charge in [-0.2, -0.15) is 0 Å². The van der Waals surface area contributed by atoms with Gasteiger partial charge in [0.25, 0.3) is 0 Å². The molecule has 0 saturated carbocycles. The molecule has 0 unspecified atom stereocenters. The molecule has 0 bridgehead atoms. The zero-order valence-electron chi connectivity index (χ0n) is 13.2. The highest BCUT2D eigenvalue weighted by Gasteiger charge is 1.99. The molecular formula is C14H30N4O4. The second-order valence-corrected chi connectivity index (χ2v) is 4.99. The summed E-state index contributed by atoms with van der Waals surface area (Å²) in [5, 5.41) is 29.2. The molecule has 2 aliphatic rings. The molecule has 2 saturated heterocycles. The molecule has 0 aromatic heterocycles. The van der Waals surface area contributed by atoms with Crippen molar-refractivity contribution in [2.75, 3.05) is 52.4 Å². The van der Waals surface area contributed by atoms with Crippen LogP contribution in [-0.4, -0.2) is 74.5 Å². The van der Waals surface area contributed by atoms with Crippen molar-refractivity contribution in [3.8, 4) is 0 Å². The van der Waals surface area contributed by atoms with Crippen LogP contribution in [0.15, 0.2) is 0 Å². The predicted octanol–water partition coefficient (Wildman–Crippen LogP) is -0.926. The van der Waals surface area contributed by atoms with Gasteiger partial charge in [0.05, 0.1) is 0 Å². The van der Waals surface area contributed by atoms with E-state index in [1.165, 1.54) is 0 Å². The Balaban J connectivity index is 0.000000315. The van der Waals surface area contributed by atoms with E-state index in [1.807, 2.05) is 0 Å². The molecule has 2 heterocycles. The maximum atomic E-state index is 9.90. The Labute approximate surface area is 132 Å². The lowest BCUT2D eigenvalue weighted by Crippen LogP contribution is -2.39. The summed E-state index contributed by atoms with van der Waals surface area (Å²) in [6, 6.07) is 0. The van der Waals surface area contributed by atoms with E-state index < -0.39 is 11.9 Å². The van der Waals surface area contributed by atoms with Gasteiger partial charge in [0, 0.05) is 65.2 Å². The lowest BCUT2D eigenvalue weighted by atomic mass is 10.2. The number of hydrogen-bond acceptors (Lipinski definition) is 6. The fourth-order valence-electron chi connectivity index (χ4n) is 1.76. The number of carboxylic acids is 2. The molecule has 6 N–H and O–H groups in total. The molecule has 2 fully saturated rings. The first kappa shape index (κ1) is 20.8. The van der Waals surface area contributed by atoms with Gasteiger partial charge in [-0.15, -0.1) is 0 Å². The third kappa shape index (κ3) is 18.8. The Morgan fingerprint density at radius 1 is 0.591 bits per heavy atom. The van der Waals surface area contributed by atoms with Crippen LogP contribution in [0.1, 0.15) is 25.7 Å². The van der Waals surface area contributed by atoms with E-state index in [0.717, 1.165) is 52.4 Å². The number of nitrogens with one attached hydrogen (secondary N) is 4. The highest BCUT2D eigenvalue weighted by molar-refractivity contribution is 5.67. The predicted molar refractivity (Wildman–Crippen MR) is 85.2 cm³/mol. The van der Waals surface area contributed by atoms with Crippen molar-refractivity contribution in [2.45, 2.75) is 25.7 Å². The average molecular weight is 318 g/mol.